The van der Waals surface area contributed by atoms with Crippen LogP contribution in [0.5, 0.6) is 0 Å². The summed E-state index contributed by atoms with van der Waals surface area (Å²) in [5.41, 5.74) is 1.35. The molecule has 0 radical (unpaired) electrons. The highest BCUT2D eigenvalue weighted by molar-refractivity contribution is 5.87. The van der Waals surface area contributed by atoms with Gasteiger partial charge in [0, 0.05) is 5.54 Å². The highest BCUT2D eigenvalue weighted by Gasteiger charge is 2.52. The molecule has 1 aliphatic carbocycles. The standard InChI is InChI=1S/C12H13NO/c14-11-10(8-12(13-11)6-7-12)9-4-2-1-3-5-9/h1-5,10H,6-8H2,(H,13,14). The summed E-state index contributed by atoms with van der Waals surface area (Å²) < 4.78 is 0. The van der Waals surface area contributed by atoms with Crippen molar-refractivity contribution in [3.63, 3.8) is 0 Å². The first kappa shape index (κ1) is 8.04. The smallest absolute Gasteiger partial charge is 0.228 e. The molecule has 1 amide bonds. The molecule has 0 bridgehead atoms. The lowest BCUT2D eigenvalue weighted by Crippen LogP contribution is -2.27. The number of amides is 1. The molecule has 2 fully saturated rings. The monoisotopic (exact) mass is 187 g/mol. The van der Waals surface area contributed by atoms with E-state index in [1.54, 1.807) is 0 Å². The van der Waals surface area contributed by atoms with Gasteiger partial charge in [-0.25, -0.2) is 0 Å². The van der Waals surface area contributed by atoms with Crippen LogP contribution in [0.3, 0.4) is 0 Å². The molecular weight excluding hydrogens is 174 g/mol. The Labute approximate surface area is 83.3 Å². The van der Waals surface area contributed by atoms with Crippen molar-refractivity contribution in [2.75, 3.05) is 0 Å². The Bertz CT molecular complexity index is 367. The first-order valence-corrected chi connectivity index (χ1v) is 5.16. The average molecular weight is 187 g/mol. The zero-order chi connectivity index (χ0) is 9.60. The molecule has 1 N–H and O–H groups in total. The van der Waals surface area contributed by atoms with Gasteiger partial charge in [0.25, 0.3) is 0 Å². The lowest BCUT2D eigenvalue weighted by Gasteiger charge is -2.06. The number of benzene rings is 1. The van der Waals surface area contributed by atoms with E-state index in [1.807, 2.05) is 30.3 Å². The first-order valence-electron chi connectivity index (χ1n) is 5.16. The summed E-state index contributed by atoms with van der Waals surface area (Å²) in [6.07, 6.45) is 3.33. The Kier molecular flexibility index (Phi) is 1.49. The van der Waals surface area contributed by atoms with Crippen LogP contribution in [0, 0.1) is 0 Å². The van der Waals surface area contributed by atoms with Gasteiger partial charge in [-0.3, -0.25) is 4.79 Å². The van der Waals surface area contributed by atoms with Gasteiger partial charge in [-0.1, -0.05) is 30.3 Å². The van der Waals surface area contributed by atoms with Crippen LogP contribution in [0.4, 0.5) is 0 Å². The van der Waals surface area contributed by atoms with Crippen LogP contribution in [-0.4, -0.2) is 11.4 Å². The number of nitrogens with one attached hydrogen (secondary N) is 1. The average Bonchev–Trinajstić information content (AvgIpc) is 2.86. The number of hydrogen-bond donors (Lipinski definition) is 1. The molecule has 1 spiro atoms. The Hall–Kier alpha value is -1.31. The molecule has 2 heteroatoms. The highest BCUT2D eigenvalue weighted by Crippen LogP contribution is 2.47. The molecule has 1 heterocycles. The third-order valence-electron chi connectivity index (χ3n) is 3.36. The minimum atomic E-state index is 0.0960. The van der Waals surface area contributed by atoms with E-state index in [4.69, 9.17) is 0 Å². The van der Waals surface area contributed by atoms with Gasteiger partial charge in [-0.05, 0) is 24.8 Å². The summed E-state index contributed by atoms with van der Waals surface area (Å²) >= 11 is 0. The normalized spacial score (nSPS) is 27.7. The second-order valence-electron chi connectivity index (χ2n) is 4.44. The topological polar surface area (TPSA) is 29.1 Å². The largest absolute Gasteiger partial charge is 0.350 e. The van der Waals surface area contributed by atoms with Crippen LogP contribution in [-0.2, 0) is 4.79 Å². The molecule has 1 atom stereocenters. The lowest BCUT2D eigenvalue weighted by molar-refractivity contribution is -0.120. The van der Waals surface area contributed by atoms with Crippen LogP contribution < -0.4 is 5.32 Å². The van der Waals surface area contributed by atoms with Crippen LogP contribution in [0.2, 0.25) is 0 Å². The van der Waals surface area contributed by atoms with Crippen LogP contribution in [0.1, 0.15) is 30.7 Å². The molecule has 1 unspecified atom stereocenters. The van der Waals surface area contributed by atoms with Gasteiger partial charge >= 0.3 is 0 Å². The molecule has 3 rings (SSSR count). The summed E-state index contributed by atoms with van der Waals surface area (Å²) in [5, 5.41) is 3.11. The minimum Gasteiger partial charge on any atom is -0.350 e. The quantitative estimate of drug-likeness (QED) is 0.714. The molecule has 14 heavy (non-hydrogen) atoms. The molecule has 0 aromatic heterocycles. The maximum atomic E-state index is 11.7. The summed E-state index contributed by atoms with van der Waals surface area (Å²) in [6.45, 7) is 0. The molecular formula is C12H13NO. The van der Waals surface area contributed by atoms with Crippen molar-refractivity contribution in [1.82, 2.24) is 5.32 Å². The van der Waals surface area contributed by atoms with E-state index in [0.717, 1.165) is 12.0 Å². The Morgan fingerprint density at radius 2 is 1.93 bits per heavy atom. The molecule has 2 nitrogen and oxygen atoms in total. The Morgan fingerprint density at radius 1 is 1.21 bits per heavy atom. The van der Waals surface area contributed by atoms with Crippen molar-refractivity contribution < 1.29 is 4.79 Å². The van der Waals surface area contributed by atoms with Crippen molar-refractivity contribution in [2.24, 2.45) is 0 Å². The first-order chi connectivity index (χ1) is 6.79. The van der Waals surface area contributed by atoms with Crippen LogP contribution in [0.15, 0.2) is 30.3 Å². The van der Waals surface area contributed by atoms with Crippen molar-refractivity contribution in [3.8, 4) is 0 Å². The zero-order valence-electron chi connectivity index (χ0n) is 7.99. The van der Waals surface area contributed by atoms with Gasteiger partial charge in [0.2, 0.25) is 5.91 Å². The predicted molar refractivity (Wildman–Crippen MR) is 53.9 cm³/mol. The highest BCUT2D eigenvalue weighted by atomic mass is 16.2. The molecule has 1 aromatic carbocycles. The van der Waals surface area contributed by atoms with E-state index in [2.05, 4.69) is 5.32 Å². The van der Waals surface area contributed by atoms with E-state index >= 15 is 0 Å². The van der Waals surface area contributed by atoms with E-state index < -0.39 is 0 Å². The Morgan fingerprint density at radius 3 is 2.50 bits per heavy atom. The van der Waals surface area contributed by atoms with Gasteiger partial charge in [0.1, 0.15) is 0 Å². The van der Waals surface area contributed by atoms with Gasteiger partial charge in [-0.15, -0.1) is 0 Å². The second-order valence-corrected chi connectivity index (χ2v) is 4.44. The molecule has 1 saturated carbocycles. The lowest BCUT2D eigenvalue weighted by atomic mass is 9.95. The van der Waals surface area contributed by atoms with E-state index in [9.17, 15) is 4.79 Å². The fraction of sp³-hybridized carbons (Fsp3) is 0.417. The molecule has 1 saturated heterocycles. The SMILES string of the molecule is O=C1NC2(CC2)CC1c1ccccc1. The maximum absolute atomic E-state index is 11.7. The zero-order valence-corrected chi connectivity index (χ0v) is 7.99. The number of carbonyl (C=O) groups excluding carboxylic acids is 1. The fourth-order valence-corrected chi connectivity index (χ4v) is 2.32. The molecule has 1 aromatic rings. The Balaban J connectivity index is 1.90. The molecule has 72 valence electrons. The van der Waals surface area contributed by atoms with E-state index in [1.165, 1.54) is 12.8 Å². The van der Waals surface area contributed by atoms with Crippen LogP contribution >= 0.6 is 0 Å². The molecule has 1 aliphatic heterocycles. The van der Waals surface area contributed by atoms with Gasteiger partial charge in [0.15, 0.2) is 0 Å². The van der Waals surface area contributed by atoms with Crippen molar-refractivity contribution in [2.45, 2.75) is 30.7 Å². The summed E-state index contributed by atoms with van der Waals surface area (Å²) in [5.74, 6) is 0.312. The second kappa shape index (κ2) is 2.59. The predicted octanol–water partition coefficient (Wildman–Crippen LogP) is 1.82. The van der Waals surface area contributed by atoms with Crippen LogP contribution in [0.25, 0.3) is 0 Å². The minimum absolute atomic E-state index is 0.0960. The van der Waals surface area contributed by atoms with E-state index in [-0.39, 0.29) is 17.4 Å². The third kappa shape index (κ3) is 1.14. The summed E-state index contributed by atoms with van der Waals surface area (Å²) in [6, 6.07) is 10.1. The maximum Gasteiger partial charge on any atom is 0.228 e. The fourth-order valence-electron chi connectivity index (χ4n) is 2.32. The third-order valence-corrected chi connectivity index (χ3v) is 3.36. The van der Waals surface area contributed by atoms with Gasteiger partial charge in [-0.2, -0.15) is 0 Å². The molecule has 2 aliphatic rings. The van der Waals surface area contributed by atoms with Crippen molar-refractivity contribution in [1.29, 1.82) is 0 Å². The number of rotatable bonds is 1. The summed E-state index contributed by atoms with van der Waals surface area (Å²) in [7, 11) is 0. The summed E-state index contributed by atoms with van der Waals surface area (Å²) in [4.78, 5) is 11.7. The number of carbonyl (C=O) groups is 1. The van der Waals surface area contributed by atoms with Crippen molar-refractivity contribution >= 4 is 5.91 Å². The van der Waals surface area contributed by atoms with E-state index in [0.29, 0.717) is 0 Å². The number of hydrogen-bond acceptors (Lipinski definition) is 1. The van der Waals surface area contributed by atoms with Gasteiger partial charge < -0.3 is 5.32 Å². The van der Waals surface area contributed by atoms with Crippen molar-refractivity contribution in [3.05, 3.63) is 35.9 Å². The van der Waals surface area contributed by atoms with Gasteiger partial charge in [0.05, 0.1) is 5.92 Å².